The molecule has 0 amide bonds. The zero-order chi connectivity index (χ0) is 24.2. The molecule has 0 aliphatic carbocycles. The molecule has 0 saturated carbocycles. The van der Waals surface area contributed by atoms with E-state index >= 15 is 0 Å². The number of methoxy groups -OCH3 is 3. The first-order valence-electron chi connectivity index (χ1n) is 10.6. The van der Waals surface area contributed by atoms with Gasteiger partial charge in [0.05, 0.1) is 31.4 Å². The lowest BCUT2D eigenvalue weighted by Gasteiger charge is -2.15. The van der Waals surface area contributed by atoms with E-state index in [1.54, 1.807) is 13.2 Å². The molecule has 4 rings (SSSR count). The summed E-state index contributed by atoms with van der Waals surface area (Å²) < 4.78 is 21.5. The molecule has 0 fully saturated rings. The number of rotatable bonds is 7. The van der Waals surface area contributed by atoms with Gasteiger partial charge in [-0.15, -0.1) is 0 Å². The molecule has 0 atom stereocenters. The highest BCUT2D eigenvalue weighted by Gasteiger charge is 2.21. The number of aromatic nitrogens is 1. The molecule has 0 aliphatic rings. The summed E-state index contributed by atoms with van der Waals surface area (Å²) in [6.07, 6.45) is 0. The van der Waals surface area contributed by atoms with Gasteiger partial charge in [0.15, 0.2) is 5.76 Å². The van der Waals surface area contributed by atoms with Gasteiger partial charge in [-0.2, -0.15) is 0 Å². The Morgan fingerprint density at radius 3 is 2.38 bits per heavy atom. The zero-order valence-electron chi connectivity index (χ0n) is 19.3. The molecule has 0 bridgehead atoms. The number of hydrogen-bond acceptors (Lipinski definition) is 6. The summed E-state index contributed by atoms with van der Waals surface area (Å²) in [6, 6.07) is 19.3. The monoisotopic (exact) mass is 477 g/mol. The molecule has 1 heterocycles. The Morgan fingerprint density at radius 2 is 1.71 bits per heavy atom. The molecular formula is C27H24ClNO5. The number of esters is 1. The minimum absolute atomic E-state index is 0.211. The second-order valence-electron chi connectivity index (χ2n) is 7.66. The van der Waals surface area contributed by atoms with E-state index in [9.17, 15) is 4.79 Å². The van der Waals surface area contributed by atoms with E-state index in [0.29, 0.717) is 29.4 Å². The van der Waals surface area contributed by atoms with Gasteiger partial charge in [0.25, 0.3) is 0 Å². The third-order valence-electron chi connectivity index (χ3n) is 5.72. The molecule has 0 unspecified atom stereocenters. The predicted molar refractivity (Wildman–Crippen MR) is 131 cm³/mol. The molecule has 0 saturated heterocycles. The molecule has 4 aromatic rings. The summed E-state index contributed by atoms with van der Waals surface area (Å²) in [5.41, 5.74) is 6.59. The summed E-state index contributed by atoms with van der Waals surface area (Å²) in [5.74, 6) is 0.464. The maximum atomic E-state index is 12.0. The Labute approximate surface area is 203 Å². The van der Waals surface area contributed by atoms with Crippen LogP contribution in [-0.4, -0.2) is 32.5 Å². The van der Waals surface area contributed by atoms with Gasteiger partial charge in [-0.25, -0.2) is 4.79 Å². The van der Waals surface area contributed by atoms with Crippen LogP contribution in [0, 0.1) is 6.92 Å². The fourth-order valence-electron chi connectivity index (χ4n) is 3.97. The van der Waals surface area contributed by atoms with E-state index < -0.39 is 5.97 Å². The number of halogens is 1. The number of benzene rings is 3. The lowest BCUT2D eigenvalue weighted by Crippen LogP contribution is -2.03. The Kier molecular flexibility index (Phi) is 7.01. The van der Waals surface area contributed by atoms with Crippen molar-refractivity contribution in [2.24, 2.45) is 0 Å². The van der Waals surface area contributed by atoms with Gasteiger partial charge in [0.2, 0.25) is 0 Å². The van der Waals surface area contributed by atoms with Crippen molar-refractivity contribution in [3.05, 3.63) is 82.4 Å². The van der Waals surface area contributed by atoms with Crippen LogP contribution in [0.2, 0.25) is 5.02 Å². The number of hydrogen-bond donors (Lipinski definition) is 0. The molecule has 1 aromatic heterocycles. The van der Waals surface area contributed by atoms with Crippen molar-refractivity contribution in [1.82, 2.24) is 5.16 Å². The predicted octanol–water partition coefficient (Wildman–Crippen LogP) is 6.58. The van der Waals surface area contributed by atoms with Gasteiger partial charge in [-0.1, -0.05) is 59.2 Å². The zero-order valence-corrected chi connectivity index (χ0v) is 20.1. The Bertz CT molecular complexity index is 1330. The van der Waals surface area contributed by atoms with Gasteiger partial charge >= 0.3 is 5.97 Å². The first-order valence-corrected chi connectivity index (χ1v) is 11.0. The topological polar surface area (TPSA) is 70.8 Å². The number of ether oxygens (including phenoxy) is 3. The van der Waals surface area contributed by atoms with Crippen molar-refractivity contribution in [2.75, 3.05) is 21.3 Å². The van der Waals surface area contributed by atoms with Crippen molar-refractivity contribution in [2.45, 2.75) is 13.5 Å². The highest BCUT2D eigenvalue weighted by molar-refractivity contribution is 6.34. The van der Waals surface area contributed by atoms with E-state index in [1.165, 1.54) is 20.3 Å². The highest BCUT2D eigenvalue weighted by Crippen LogP contribution is 2.38. The van der Waals surface area contributed by atoms with Gasteiger partial charge < -0.3 is 18.7 Å². The van der Waals surface area contributed by atoms with Crippen LogP contribution in [-0.2, 0) is 16.1 Å². The van der Waals surface area contributed by atoms with Gasteiger partial charge in [-0.3, -0.25) is 0 Å². The molecule has 0 radical (unpaired) electrons. The van der Waals surface area contributed by atoms with Crippen LogP contribution in [0.25, 0.3) is 33.7 Å². The van der Waals surface area contributed by atoms with E-state index in [1.807, 2.05) is 30.3 Å². The van der Waals surface area contributed by atoms with Crippen LogP contribution in [0.3, 0.4) is 0 Å². The third-order valence-corrected chi connectivity index (χ3v) is 6.03. The first kappa shape index (κ1) is 23.5. The second kappa shape index (κ2) is 10.1. The van der Waals surface area contributed by atoms with Crippen LogP contribution in [0.1, 0.15) is 21.5 Å². The molecule has 0 spiro atoms. The van der Waals surface area contributed by atoms with Gasteiger partial charge in [-0.05, 0) is 41.3 Å². The Hall–Kier alpha value is -3.61. The van der Waals surface area contributed by atoms with Crippen LogP contribution < -0.4 is 4.74 Å². The van der Waals surface area contributed by atoms with Crippen molar-refractivity contribution >= 4 is 17.6 Å². The molecule has 6 nitrogen and oxygen atoms in total. The molecule has 34 heavy (non-hydrogen) atoms. The highest BCUT2D eigenvalue weighted by atomic mass is 35.5. The molecule has 174 valence electrons. The molecule has 7 heteroatoms. The number of nitrogens with zero attached hydrogens (tertiary/aromatic N) is 1. The quantitative estimate of drug-likeness (QED) is 0.280. The lowest BCUT2D eigenvalue weighted by molar-refractivity contribution is 0.0600. The summed E-state index contributed by atoms with van der Waals surface area (Å²) >= 11 is 6.34. The van der Waals surface area contributed by atoms with Crippen LogP contribution in [0.15, 0.2) is 65.2 Å². The third kappa shape index (κ3) is 4.42. The number of carbonyl (C=O) groups is 1. The van der Waals surface area contributed by atoms with E-state index in [4.69, 9.17) is 30.3 Å². The van der Waals surface area contributed by atoms with E-state index in [-0.39, 0.29) is 10.6 Å². The fourth-order valence-corrected chi connectivity index (χ4v) is 4.21. The molecule has 0 N–H and O–H groups in total. The molecule has 3 aromatic carbocycles. The normalized spacial score (nSPS) is 10.9. The van der Waals surface area contributed by atoms with Crippen LogP contribution in [0.5, 0.6) is 5.75 Å². The summed E-state index contributed by atoms with van der Waals surface area (Å²) in [5, 5.41) is 4.48. The van der Waals surface area contributed by atoms with Crippen molar-refractivity contribution < 1.29 is 23.5 Å². The minimum atomic E-state index is -0.547. The van der Waals surface area contributed by atoms with Gasteiger partial charge in [0, 0.05) is 24.3 Å². The largest absolute Gasteiger partial charge is 0.496 e. The summed E-state index contributed by atoms with van der Waals surface area (Å²) in [6.45, 7) is 2.49. The van der Waals surface area contributed by atoms with Crippen LogP contribution >= 0.6 is 11.6 Å². The minimum Gasteiger partial charge on any atom is -0.496 e. The molecule has 0 aliphatic heterocycles. The van der Waals surface area contributed by atoms with Crippen LogP contribution in [0.4, 0.5) is 0 Å². The van der Waals surface area contributed by atoms with Gasteiger partial charge in [0.1, 0.15) is 11.4 Å². The maximum absolute atomic E-state index is 12.0. The molecular weight excluding hydrogens is 454 g/mol. The van der Waals surface area contributed by atoms with E-state index in [2.05, 4.69) is 30.3 Å². The lowest BCUT2D eigenvalue weighted by atomic mass is 9.92. The SMILES string of the molecule is COCc1c(-c2cc(-c3cc(Cl)c(C(=O)OC)cc3OC)no2)ccc(-c2ccccc2)c1C. The average Bonchev–Trinajstić information content (AvgIpc) is 3.35. The van der Waals surface area contributed by atoms with E-state index in [0.717, 1.165) is 27.8 Å². The van der Waals surface area contributed by atoms with Crippen molar-refractivity contribution in [3.8, 4) is 39.5 Å². The maximum Gasteiger partial charge on any atom is 0.339 e. The summed E-state index contributed by atoms with van der Waals surface area (Å²) in [7, 11) is 4.47. The fraction of sp³-hybridized carbons (Fsp3) is 0.185. The summed E-state index contributed by atoms with van der Waals surface area (Å²) in [4.78, 5) is 12.0. The standard InChI is InChI=1S/C27H24ClNO5/c1-16-18(17-8-6-5-7-9-17)10-11-19(22(16)15-31-2)26-14-24(29-34-26)21-12-23(28)20(27(30)33-4)13-25(21)32-3/h5-14H,15H2,1-4H3. The first-order chi connectivity index (χ1) is 16.5. The Balaban J connectivity index is 1.79. The average molecular weight is 478 g/mol. The van der Waals surface area contributed by atoms with Crippen molar-refractivity contribution in [3.63, 3.8) is 0 Å². The second-order valence-corrected chi connectivity index (χ2v) is 8.07. The van der Waals surface area contributed by atoms with Crippen molar-refractivity contribution in [1.29, 1.82) is 0 Å². The number of carbonyl (C=O) groups excluding carboxylic acids is 1. The smallest absolute Gasteiger partial charge is 0.339 e. The Morgan fingerprint density at radius 1 is 0.971 bits per heavy atom.